The lowest BCUT2D eigenvalue weighted by atomic mass is 9.96. The number of amides is 2. The van der Waals surface area contributed by atoms with Gasteiger partial charge in [0.25, 0.3) is 0 Å². The van der Waals surface area contributed by atoms with E-state index in [1.54, 1.807) is 22.7 Å². The summed E-state index contributed by atoms with van der Waals surface area (Å²) in [5.41, 5.74) is 1.27. The Hall–Kier alpha value is -1.66. The van der Waals surface area contributed by atoms with E-state index in [4.69, 9.17) is 0 Å². The molecule has 0 N–H and O–H groups in total. The number of hydrogen-bond acceptors (Lipinski definition) is 4. The molecule has 1 saturated heterocycles. The molecule has 0 spiro atoms. The van der Waals surface area contributed by atoms with Crippen LogP contribution in [0.5, 0.6) is 0 Å². The van der Waals surface area contributed by atoms with Crippen LogP contribution in [0.15, 0.2) is 29.0 Å². The van der Waals surface area contributed by atoms with Crippen molar-refractivity contribution in [1.82, 2.24) is 9.80 Å². The number of carbonyl (C=O) groups excluding carboxylic acids is 2. The molecule has 4 heterocycles. The van der Waals surface area contributed by atoms with Crippen LogP contribution >= 0.6 is 22.7 Å². The van der Waals surface area contributed by atoms with E-state index in [9.17, 15) is 9.59 Å². The Labute approximate surface area is 155 Å². The molecule has 2 aliphatic heterocycles. The van der Waals surface area contributed by atoms with E-state index in [1.165, 1.54) is 15.3 Å². The topological polar surface area (TPSA) is 40.6 Å². The van der Waals surface area contributed by atoms with Gasteiger partial charge in [-0.3, -0.25) is 9.59 Å². The Morgan fingerprint density at radius 3 is 2.80 bits per heavy atom. The predicted molar refractivity (Wildman–Crippen MR) is 98.7 cm³/mol. The number of carbonyl (C=O) groups is 2. The molecule has 2 aromatic rings. The first-order valence-corrected chi connectivity index (χ1v) is 10.7. The second-order valence-corrected chi connectivity index (χ2v) is 9.16. The van der Waals surface area contributed by atoms with Crippen molar-refractivity contribution in [3.8, 4) is 0 Å². The summed E-state index contributed by atoms with van der Waals surface area (Å²) in [6, 6.07) is 6.77. The van der Waals surface area contributed by atoms with Crippen LogP contribution in [0.3, 0.4) is 0 Å². The van der Waals surface area contributed by atoms with Crippen molar-refractivity contribution in [3.63, 3.8) is 0 Å². The van der Waals surface area contributed by atoms with Gasteiger partial charge in [-0.25, -0.2) is 0 Å². The molecule has 1 aliphatic carbocycles. The predicted octanol–water partition coefficient (Wildman–Crippen LogP) is 3.29. The Bertz CT molecular complexity index is 809. The summed E-state index contributed by atoms with van der Waals surface area (Å²) in [7, 11) is 0. The van der Waals surface area contributed by atoms with Gasteiger partial charge < -0.3 is 9.80 Å². The van der Waals surface area contributed by atoms with E-state index in [2.05, 4.69) is 29.0 Å². The molecule has 130 valence electrons. The standard InChI is InChI=1S/C19H20N2O2S2/c22-17-10-12(11-21(17)13-3-4-13)19(23)20-7-5-15-14(6-9-25-15)18(20)16-2-1-8-24-16/h1-2,6,8-9,12-13,18H,3-5,7,10-11H2. The van der Waals surface area contributed by atoms with Crippen LogP contribution < -0.4 is 0 Å². The summed E-state index contributed by atoms with van der Waals surface area (Å²) in [5, 5.41) is 4.21. The zero-order chi connectivity index (χ0) is 17.0. The zero-order valence-electron chi connectivity index (χ0n) is 13.9. The summed E-state index contributed by atoms with van der Waals surface area (Å²) < 4.78 is 0. The number of nitrogens with zero attached hydrogens (tertiary/aromatic N) is 2. The minimum absolute atomic E-state index is 0.0209. The van der Waals surface area contributed by atoms with Gasteiger partial charge in [-0.05, 0) is 47.7 Å². The molecule has 6 heteroatoms. The maximum atomic E-state index is 13.3. The fourth-order valence-electron chi connectivity index (χ4n) is 4.18. The van der Waals surface area contributed by atoms with Crippen molar-refractivity contribution in [3.05, 3.63) is 44.3 Å². The van der Waals surface area contributed by atoms with Crippen molar-refractivity contribution in [2.24, 2.45) is 5.92 Å². The summed E-state index contributed by atoms with van der Waals surface area (Å²) in [5.74, 6) is 0.157. The summed E-state index contributed by atoms with van der Waals surface area (Å²) in [6.07, 6.45) is 3.52. The van der Waals surface area contributed by atoms with Crippen molar-refractivity contribution in [2.75, 3.05) is 13.1 Å². The Balaban J connectivity index is 1.44. The molecule has 2 unspecified atom stereocenters. The van der Waals surface area contributed by atoms with Gasteiger partial charge in [0.05, 0.1) is 12.0 Å². The van der Waals surface area contributed by atoms with Gasteiger partial charge in [0, 0.05) is 35.3 Å². The third kappa shape index (κ3) is 2.62. The first-order chi connectivity index (χ1) is 12.2. The van der Waals surface area contributed by atoms with E-state index in [0.717, 1.165) is 25.8 Å². The fraction of sp³-hybridized carbons (Fsp3) is 0.474. The molecule has 5 rings (SSSR count). The minimum Gasteiger partial charge on any atom is -0.339 e. The molecule has 2 atom stereocenters. The van der Waals surface area contributed by atoms with Gasteiger partial charge in [-0.2, -0.15) is 0 Å². The second-order valence-electron chi connectivity index (χ2n) is 7.18. The fourth-order valence-corrected chi connectivity index (χ4v) is 5.94. The third-order valence-electron chi connectivity index (χ3n) is 5.56. The van der Waals surface area contributed by atoms with Crippen molar-refractivity contribution in [2.45, 2.75) is 37.8 Å². The Morgan fingerprint density at radius 1 is 1.16 bits per heavy atom. The molecule has 4 nitrogen and oxygen atoms in total. The van der Waals surface area contributed by atoms with Gasteiger partial charge in [-0.1, -0.05) is 6.07 Å². The second kappa shape index (κ2) is 5.95. The first-order valence-electron chi connectivity index (χ1n) is 8.92. The molecule has 0 aromatic carbocycles. The van der Waals surface area contributed by atoms with E-state index in [0.29, 0.717) is 19.0 Å². The van der Waals surface area contributed by atoms with Crippen LogP contribution in [0.25, 0.3) is 0 Å². The zero-order valence-corrected chi connectivity index (χ0v) is 15.5. The van der Waals surface area contributed by atoms with Gasteiger partial charge in [0.15, 0.2) is 0 Å². The van der Waals surface area contributed by atoms with E-state index < -0.39 is 0 Å². The Kier molecular flexibility index (Phi) is 3.71. The molecule has 3 aliphatic rings. The van der Waals surface area contributed by atoms with Gasteiger partial charge in [0.2, 0.25) is 11.8 Å². The maximum absolute atomic E-state index is 13.3. The highest BCUT2D eigenvalue weighted by atomic mass is 32.1. The van der Waals surface area contributed by atoms with Crippen LogP contribution in [-0.2, 0) is 16.0 Å². The van der Waals surface area contributed by atoms with E-state index in [1.807, 2.05) is 9.80 Å². The van der Waals surface area contributed by atoms with E-state index >= 15 is 0 Å². The first kappa shape index (κ1) is 15.6. The molecule has 0 bridgehead atoms. The monoisotopic (exact) mass is 372 g/mol. The van der Waals surface area contributed by atoms with E-state index in [-0.39, 0.29) is 23.8 Å². The summed E-state index contributed by atoms with van der Waals surface area (Å²) >= 11 is 3.50. The Morgan fingerprint density at radius 2 is 2.04 bits per heavy atom. The smallest absolute Gasteiger partial charge is 0.228 e. The third-order valence-corrected chi connectivity index (χ3v) is 7.48. The van der Waals surface area contributed by atoms with Crippen molar-refractivity contribution in [1.29, 1.82) is 0 Å². The number of rotatable bonds is 3. The molecule has 2 fully saturated rings. The average Bonchev–Trinajstić information content (AvgIpc) is 3.05. The van der Waals surface area contributed by atoms with Crippen LogP contribution in [0, 0.1) is 5.92 Å². The normalized spacial score (nSPS) is 26.2. The molecule has 25 heavy (non-hydrogen) atoms. The average molecular weight is 373 g/mol. The summed E-state index contributed by atoms with van der Waals surface area (Å²) in [6.45, 7) is 1.37. The highest BCUT2D eigenvalue weighted by Gasteiger charge is 2.44. The number of fused-ring (bicyclic) bond motifs is 1. The highest BCUT2D eigenvalue weighted by molar-refractivity contribution is 7.10. The molecular formula is C19H20N2O2S2. The van der Waals surface area contributed by atoms with Crippen LogP contribution in [0.2, 0.25) is 0 Å². The molecule has 0 radical (unpaired) electrons. The van der Waals surface area contributed by atoms with Gasteiger partial charge in [0.1, 0.15) is 0 Å². The lowest BCUT2D eigenvalue weighted by Gasteiger charge is -2.37. The van der Waals surface area contributed by atoms with Gasteiger partial charge in [-0.15, -0.1) is 22.7 Å². The van der Waals surface area contributed by atoms with Crippen LogP contribution in [-0.4, -0.2) is 40.7 Å². The van der Waals surface area contributed by atoms with Crippen LogP contribution in [0.4, 0.5) is 0 Å². The molecular weight excluding hydrogens is 352 g/mol. The molecule has 1 saturated carbocycles. The number of thiophene rings is 2. The molecule has 2 amide bonds. The highest BCUT2D eigenvalue weighted by Crippen LogP contribution is 2.41. The van der Waals surface area contributed by atoms with Crippen molar-refractivity contribution >= 4 is 34.5 Å². The number of hydrogen-bond donors (Lipinski definition) is 0. The summed E-state index contributed by atoms with van der Waals surface area (Å²) in [4.78, 5) is 32.2. The maximum Gasteiger partial charge on any atom is 0.228 e. The lowest BCUT2D eigenvalue weighted by molar-refractivity contribution is -0.137. The van der Waals surface area contributed by atoms with Gasteiger partial charge >= 0.3 is 0 Å². The molecule has 2 aromatic heterocycles. The van der Waals surface area contributed by atoms with Crippen LogP contribution in [0.1, 0.15) is 40.6 Å². The quantitative estimate of drug-likeness (QED) is 0.829. The van der Waals surface area contributed by atoms with Crippen molar-refractivity contribution < 1.29 is 9.59 Å². The minimum atomic E-state index is -0.171. The number of likely N-dealkylation sites (tertiary alicyclic amines) is 1. The lowest BCUT2D eigenvalue weighted by Crippen LogP contribution is -2.43. The largest absolute Gasteiger partial charge is 0.339 e. The SMILES string of the molecule is O=C1CC(C(=O)N2CCc3sccc3C2c2cccs2)CN1C1CC1.